The first-order valence-corrected chi connectivity index (χ1v) is 14.2. The largest absolute Gasteiger partial charge is 0.369 e. The molecule has 4 rings (SSSR count). The molecule has 1 fully saturated rings. The van der Waals surface area contributed by atoms with Gasteiger partial charge in [-0.3, -0.25) is 4.79 Å². The van der Waals surface area contributed by atoms with Gasteiger partial charge < -0.3 is 10.6 Å². The predicted molar refractivity (Wildman–Crippen MR) is 140 cm³/mol. The number of pyridine rings is 1. The highest BCUT2D eigenvalue weighted by Gasteiger charge is 2.31. The molecule has 188 valence electrons. The Bertz CT molecular complexity index is 1300. The highest BCUT2D eigenvalue weighted by molar-refractivity contribution is 7.89. The van der Waals surface area contributed by atoms with Crippen LogP contribution in [0.25, 0.3) is 0 Å². The lowest BCUT2D eigenvalue weighted by atomic mass is 10.0. The first-order chi connectivity index (χ1) is 17.4. The van der Waals surface area contributed by atoms with E-state index in [1.54, 1.807) is 36.0 Å². The highest BCUT2D eigenvalue weighted by atomic mass is 32.2. The Balaban J connectivity index is 1.28. The molecule has 0 aliphatic carbocycles. The van der Waals surface area contributed by atoms with E-state index in [0.29, 0.717) is 51.3 Å². The number of primary amides is 1. The maximum atomic E-state index is 13.0. The predicted octanol–water partition coefficient (Wildman–Crippen LogP) is 1.91. The van der Waals surface area contributed by atoms with Crippen LogP contribution in [0, 0.1) is 17.8 Å². The monoisotopic (exact) mass is 524 g/mol. The lowest BCUT2D eigenvalue weighted by Gasteiger charge is -2.35. The highest BCUT2D eigenvalue weighted by Crippen LogP contribution is 2.19. The number of rotatable bonds is 9. The average Bonchev–Trinajstić information content (AvgIpc) is 3.42. The van der Waals surface area contributed by atoms with Gasteiger partial charge >= 0.3 is 0 Å². The van der Waals surface area contributed by atoms with Crippen LogP contribution in [0.2, 0.25) is 0 Å². The summed E-state index contributed by atoms with van der Waals surface area (Å²) in [6.45, 7) is 1.68. The van der Waals surface area contributed by atoms with Crippen molar-refractivity contribution in [2.45, 2.75) is 19.3 Å². The van der Waals surface area contributed by atoms with Crippen molar-refractivity contribution in [2.24, 2.45) is 11.7 Å². The second kappa shape index (κ2) is 12.1. The number of anilines is 1. The number of piperazine rings is 1. The summed E-state index contributed by atoms with van der Waals surface area (Å²) in [6.07, 6.45) is 6.56. The number of sulfonamides is 1. The molecule has 0 radical (unpaired) electrons. The van der Waals surface area contributed by atoms with Gasteiger partial charge in [-0.05, 0) is 42.5 Å². The third-order valence-electron chi connectivity index (χ3n) is 5.94. The zero-order chi connectivity index (χ0) is 25.4. The standard InChI is InChI=1S/C25H28N6O3S2/c26-25(32)21(4-1-6-23-27-11-3-12-28-23)19-36(33,34)31-15-13-30(14-16-31)24-10-8-20(18-29-24)7-9-22-5-2-17-35-22/h2-3,5,8,10-12,17-18,21H,1,4,6,13-16,19H2,(H2,26,32). The van der Waals surface area contributed by atoms with Gasteiger partial charge in [-0.2, -0.15) is 4.31 Å². The van der Waals surface area contributed by atoms with E-state index in [1.807, 2.05) is 34.5 Å². The van der Waals surface area contributed by atoms with Crippen molar-refractivity contribution in [2.75, 3.05) is 36.8 Å². The zero-order valence-electron chi connectivity index (χ0n) is 19.8. The Labute approximate surface area is 215 Å². The van der Waals surface area contributed by atoms with Crippen molar-refractivity contribution < 1.29 is 13.2 Å². The second-order valence-corrected chi connectivity index (χ2v) is 11.4. The fourth-order valence-corrected chi connectivity index (χ4v) is 6.30. The molecule has 0 aromatic carbocycles. The fourth-order valence-electron chi connectivity index (χ4n) is 3.96. The van der Waals surface area contributed by atoms with Gasteiger partial charge in [0.2, 0.25) is 15.9 Å². The molecule has 1 saturated heterocycles. The van der Waals surface area contributed by atoms with Crippen LogP contribution in [0.4, 0.5) is 5.82 Å². The van der Waals surface area contributed by atoms with Crippen molar-refractivity contribution in [1.29, 1.82) is 0 Å². The lowest BCUT2D eigenvalue weighted by Crippen LogP contribution is -2.50. The molecule has 2 N–H and O–H groups in total. The summed E-state index contributed by atoms with van der Waals surface area (Å²) in [5, 5.41) is 1.99. The number of carbonyl (C=O) groups excluding carboxylic acids is 1. The van der Waals surface area contributed by atoms with Gasteiger partial charge in [-0.1, -0.05) is 17.9 Å². The molecule has 0 spiro atoms. The van der Waals surface area contributed by atoms with E-state index in [0.717, 1.165) is 16.3 Å². The summed E-state index contributed by atoms with van der Waals surface area (Å²) in [5.74, 6) is 6.03. The summed E-state index contributed by atoms with van der Waals surface area (Å²) in [7, 11) is -3.63. The summed E-state index contributed by atoms with van der Waals surface area (Å²) in [6, 6.07) is 9.49. The summed E-state index contributed by atoms with van der Waals surface area (Å²) < 4.78 is 27.5. The maximum Gasteiger partial charge on any atom is 0.221 e. The minimum atomic E-state index is -3.63. The molecule has 1 aliphatic rings. The van der Waals surface area contributed by atoms with Crippen LogP contribution < -0.4 is 10.6 Å². The van der Waals surface area contributed by atoms with Crippen LogP contribution in [-0.2, 0) is 21.2 Å². The maximum absolute atomic E-state index is 13.0. The van der Waals surface area contributed by atoms with Crippen LogP contribution in [0.3, 0.4) is 0 Å². The number of thiophene rings is 1. The molecular formula is C25H28N6O3S2. The molecule has 3 aromatic rings. The van der Waals surface area contributed by atoms with Crippen LogP contribution in [0.5, 0.6) is 0 Å². The molecule has 1 amide bonds. The Hall–Kier alpha value is -3.33. The molecule has 1 aliphatic heterocycles. The lowest BCUT2D eigenvalue weighted by molar-refractivity contribution is -0.121. The molecular weight excluding hydrogens is 496 g/mol. The Morgan fingerprint density at radius 3 is 2.47 bits per heavy atom. The first-order valence-electron chi connectivity index (χ1n) is 11.7. The van der Waals surface area contributed by atoms with E-state index in [1.165, 1.54) is 4.31 Å². The van der Waals surface area contributed by atoms with E-state index in [2.05, 4.69) is 26.8 Å². The molecule has 1 unspecified atom stereocenters. The average molecular weight is 525 g/mol. The number of carbonyl (C=O) groups is 1. The normalized spacial score (nSPS) is 15.2. The topological polar surface area (TPSA) is 122 Å². The van der Waals surface area contributed by atoms with E-state index >= 15 is 0 Å². The van der Waals surface area contributed by atoms with Gasteiger partial charge in [0, 0.05) is 56.8 Å². The van der Waals surface area contributed by atoms with Gasteiger partial charge in [0.25, 0.3) is 0 Å². The van der Waals surface area contributed by atoms with Crippen LogP contribution in [-0.4, -0.2) is 65.5 Å². The second-order valence-electron chi connectivity index (χ2n) is 8.45. The number of hydrogen-bond acceptors (Lipinski definition) is 8. The van der Waals surface area contributed by atoms with Crippen LogP contribution in [0.15, 0.2) is 54.3 Å². The molecule has 1 atom stereocenters. The van der Waals surface area contributed by atoms with E-state index in [-0.39, 0.29) is 5.75 Å². The molecule has 3 aromatic heterocycles. The molecule has 11 heteroatoms. The van der Waals surface area contributed by atoms with Crippen LogP contribution in [0.1, 0.15) is 29.1 Å². The zero-order valence-corrected chi connectivity index (χ0v) is 21.4. The van der Waals surface area contributed by atoms with Gasteiger partial charge in [-0.15, -0.1) is 11.3 Å². The Morgan fingerprint density at radius 2 is 1.83 bits per heavy atom. The van der Waals surface area contributed by atoms with Crippen molar-refractivity contribution in [1.82, 2.24) is 19.3 Å². The number of nitrogens with two attached hydrogens (primary N) is 1. The number of amides is 1. The molecule has 0 bridgehead atoms. The Kier molecular flexibility index (Phi) is 8.64. The van der Waals surface area contributed by atoms with Gasteiger partial charge in [-0.25, -0.2) is 23.4 Å². The SMILES string of the molecule is NC(=O)C(CCCc1ncccn1)CS(=O)(=O)N1CCN(c2ccc(C#Cc3cccs3)cn2)CC1. The van der Waals surface area contributed by atoms with Crippen molar-refractivity contribution in [3.05, 3.63) is 70.6 Å². The molecule has 4 heterocycles. The Morgan fingerprint density at radius 1 is 1.06 bits per heavy atom. The smallest absolute Gasteiger partial charge is 0.221 e. The van der Waals surface area contributed by atoms with Crippen molar-refractivity contribution in [3.8, 4) is 11.8 Å². The van der Waals surface area contributed by atoms with Crippen LogP contribution >= 0.6 is 11.3 Å². The van der Waals surface area contributed by atoms with E-state index in [4.69, 9.17) is 5.73 Å². The van der Waals surface area contributed by atoms with E-state index < -0.39 is 21.8 Å². The first kappa shape index (κ1) is 25.8. The molecule has 9 nitrogen and oxygen atoms in total. The minimum Gasteiger partial charge on any atom is -0.369 e. The number of nitrogens with zero attached hydrogens (tertiary/aromatic N) is 5. The third kappa shape index (κ3) is 7.10. The van der Waals surface area contributed by atoms with Crippen molar-refractivity contribution >= 4 is 33.1 Å². The fraction of sp³-hybridized carbons (Fsp3) is 0.360. The number of aromatic nitrogens is 3. The third-order valence-corrected chi connectivity index (χ3v) is 8.70. The summed E-state index contributed by atoms with van der Waals surface area (Å²) >= 11 is 1.59. The summed E-state index contributed by atoms with van der Waals surface area (Å²) in [4.78, 5) is 27.8. The number of hydrogen-bond donors (Lipinski definition) is 1. The van der Waals surface area contributed by atoms with Gasteiger partial charge in [0.15, 0.2) is 0 Å². The molecule has 0 saturated carbocycles. The summed E-state index contributed by atoms with van der Waals surface area (Å²) in [5.41, 5.74) is 6.36. The van der Waals surface area contributed by atoms with Gasteiger partial charge in [0.05, 0.1) is 16.5 Å². The minimum absolute atomic E-state index is 0.284. The van der Waals surface area contributed by atoms with E-state index in [9.17, 15) is 13.2 Å². The number of aryl methyl sites for hydroxylation is 1. The quantitative estimate of drug-likeness (QED) is 0.424. The molecule has 36 heavy (non-hydrogen) atoms. The van der Waals surface area contributed by atoms with Gasteiger partial charge in [0.1, 0.15) is 11.6 Å². The van der Waals surface area contributed by atoms with Crippen molar-refractivity contribution in [3.63, 3.8) is 0 Å².